The van der Waals surface area contributed by atoms with Crippen molar-refractivity contribution in [1.82, 2.24) is 0 Å². The van der Waals surface area contributed by atoms with Gasteiger partial charge in [-0.2, -0.15) is 5.26 Å². The van der Waals surface area contributed by atoms with Crippen LogP contribution in [0.4, 0.5) is 5.69 Å². The van der Waals surface area contributed by atoms with E-state index in [4.69, 9.17) is 0 Å². The van der Waals surface area contributed by atoms with Gasteiger partial charge in [-0.1, -0.05) is 28.1 Å². The summed E-state index contributed by atoms with van der Waals surface area (Å²) in [6.07, 6.45) is 4.87. The fraction of sp³-hybridized carbons (Fsp3) is 0.381. The first-order chi connectivity index (χ1) is 11.7. The van der Waals surface area contributed by atoms with Crippen molar-refractivity contribution in [3.05, 3.63) is 63.6 Å². The lowest BCUT2D eigenvalue weighted by atomic mass is 9.89. The minimum atomic E-state index is 0.625. The maximum Gasteiger partial charge on any atom is 0.0994 e. The number of nitriles is 1. The molecule has 1 aliphatic carbocycles. The third kappa shape index (κ3) is 3.21. The largest absolute Gasteiger partial charge is 0.371 e. The van der Waals surface area contributed by atoms with Crippen molar-refractivity contribution < 1.29 is 0 Å². The van der Waals surface area contributed by atoms with Crippen LogP contribution in [0.15, 0.2) is 46.9 Å². The molecule has 0 bridgehead atoms. The average molecular weight is 381 g/mol. The molecule has 2 nitrogen and oxygen atoms in total. The predicted octanol–water partition coefficient (Wildman–Crippen LogP) is 5.58. The Kier molecular flexibility index (Phi) is 4.33. The van der Waals surface area contributed by atoms with E-state index < -0.39 is 0 Å². The number of halogens is 1. The van der Waals surface area contributed by atoms with Gasteiger partial charge in [0.2, 0.25) is 0 Å². The Morgan fingerprint density at radius 2 is 1.62 bits per heavy atom. The van der Waals surface area contributed by atoms with Crippen LogP contribution in [0.25, 0.3) is 0 Å². The van der Waals surface area contributed by atoms with Crippen molar-refractivity contribution >= 4 is 21.6 Å². The molecule has 2 aliphatic rings. The van der Waals surface area contributed by atoms with E-state index in [1.807, 2.05) is 6.07 Å². The molecule has 0 amide bonds. The van der Waals surface area contributed by atoms with Crippen molar-refractivity contribution in [3.8, 4) is 6.07 Å². The molecular formula is C21H21BrN2. The Hall–Kier alpha value is -1.79. The van der Waals surface area contributed by atoms with Crippen LogP contribution in [0.1, 0.15) is 54.2 Å². The van der Waals surface area contributed by atoms with Crippen molar-refractivity contribution in [3.63, 3.8) is 0 Å². The topological polar surface area (TPSA) is 27.0 Å². The Balaban J connectivity index is 1.47. The van der Waals surface area contributed by atoms with Crippen LogP contribution in [0.2, 0.25) is 0 Å². The Morgan fingerprint density at radius 3 is 2.25 bits per heavy atom. The van der Waals surface area contributed by atoms with Crippen LogP contribution in [0.3, 0.4) is 0 Å². The summed E-state index contributed by atoms with van der Waals surface area (Å²) in [6, 6.07) is 17.6. The summed E-state index contributed by atoms with van der Waals surface area (Å²) in [4.78, 5) is 2.49. The zero-order chi connectivity index (χ0) is 16.5. The molecule has 1 aliphatic heterocycles. The molecule has 1 saturated carbocycles. The minimum absolute atomic E-state index is 0.625. The third-order valence-electron chi connectivity index (χ3n) is 5.37. The van der Waals surface area contributed by atoms with Crippen molar-refractivity contribution in [1.29, 1.82) is 5.26 Å². The monoisotopic (exact) mass is 380 g/mol. The third-order valence-corrected chi connectivity index (χ3v) is 5.90. The van der Waals surface area contributed by atoms with Crippen LogP contribution in [-0.4, -0.2) is 13.1 Å². The van der Waals surface area contributed by atoms with Gasteiger partial charge in [-0.3, -0.25) is 0 Å². The second-order valence-corrected chi connectivity index (χ2v) is 7.89. The second kappa shape index (κ2) is 6.61. The Morgan fingerprint density at radius 1 is 0.917 bits per heavy atom. The lowest BCUT2D eigenvalue weighted by Gasteiger charge is -2.34. The van der Waals surface area contributed by atoms with Gasteiger partial charge in [0.1, 0.15) is 0 Å². The van der Waals surface area contributed by atoms with Gasteiger partial charge in [0, 0.05) is 23.2 Å². The molecule has 0 N–H and O–H groups in total. The SMILES string of the molecule is N#Cc1ccc(N2CCC(c3ccc(Br)cc3)CC2)cc1C1CC1. The molecule has 4 rings (SSSR count). The molecule has 0 atom stereocenters. The van der Waals surface area contributed by atoms with E-state index in [0.717, 1.165) is 23.1 Å². The fourth-order valence-electron chi connectivity index (χ4n) is 3.79. The van der Waals surface area contributed by atoms with Crippen LogP contribution >= 0.6 is 15.9 Å². The van der Waals surface area contributed by atoms with E-state index in [1.54, 1.807) is 0 Å². The molecule has 3 heteroatoms. The maximum atomic E-state index is 9.31. The van der Waals surface area contributed by atoms with Gasteiger partial charge < -0.3 is 4.90 Å². The van der Waals surface area contributed by atoms with E-state index in [-0.39, 0.29) is 0 Å². The highest BCUT2D eigenvalue weighted by atomic mass is 79.9. The zero-order valence-electron chi connectivity index (χ0n) is 13.7. The molecule has 0 aromatic heterocycles. The smallest absolute Gasteiger partial charge is 0.0994 e. The number of nitrogens with zero attached hydrogens (tertiary/aromatic N) is 2. The quantitative estimate of drug-likeness (QED) is 0.694. The van der Waals surface area contributed by atoms with Gasteiger partial charge in [-0.15, -0.1) is 0 Å². The van der Waals surface area contributed by atoms with Crippen LogP contribution in [0, 0.1) is 11.3 Å². The molecule has 0 unspecified atom stereocenters. The van der Waals surface area contributed by atoms with Crippen LogP contribution < -0.4 is 4.90 Å². The van der Waals surface area contributed by atoms with Crippen LogP contribution in [0.5, 0.6) is 0 Å². The molecule has 2 aromatic carbocycles. The van der Waals surface area contributed by atoms with Crippen LogP contribution in [-0.2, 0) is 0 Å². The summed E-state index contributed by atoms with van der Waals surface area (Å²) < 4.78 is 1.15. The number of anilines is 1. The van der Waals surface area contributed by atoms with Gasteiger partial charge in [0.25, 0.3) is 0 Å². The van der Waals surface area contributed by atoms with E-state index in [9.17, 15) is 5.26 Å². The number of benzene rings is 2. The fourth-order valence-corrected chi connectivity index (χ4v) is 4.05. The number of hydrogen-bond acceptors (Lipinski definition) is 2. The molecule has 0 radical (unpaired) electrons. The first kappa shape index (κ1) is 15.7. The highest BCUT2D eigenvalue weighted by Crippen LogP contribution is 2.43. The van der Waals surface area contributed by atoms with Gasteiger partial charge >= 0.3 is 0 Å². The summed E-state index contributed by atoms with van der Waals surface area (Å²) in [5.41, 5.74) is 4.89. The van der Waals surface area contributed by atoms with E-state index in [0.29, 0.717) is 11.8 Å². The normalized spacial score (nSPS) is 18.4. The standard InChI is InChI=1S/C21H21BrN2/c22-19-6-3-15(4-7-19)16-9-11-24(12-10-16)20-8-5-18(14-23)21(13-20)17-1-2-17/h3-8,13,16-17H,1-2,9-12H2. The first-order valence-electron chi connectivity index (χ1n) is 8.79. The molecule has 122 valence electrons. The second-order valence-electron chi connectivity index (χ2n) is 6.97. The van der Waals surface area contributed by atoms with Crippen molar-refractivity contribution in [2.45, 2.75) is 37.5 Å². The van der Waals surface area contributed by atoms with Gasteiger partial charge in [0.05, 0.1) is 11.6 Å². The molecule has 24 heavy (non-hydrogen) atoms. The Bertz CT molecular complexity index is 763. The van der Waals surface area contributed by atoms with Gasteiger partial charge in [0.15, 0.2) is 0 Å². The van der Waals surface area contributed by atoms with Crippen molar-refractivity contribution in [2.24, 2.45) is 0 Å². The lowest BCUT2D eigenvalue weighted by Crippen LogP contribution is -2.32. The first-order valence-corrected chi connectivity index (χ1v) is 9.58. The highest BCUT2D eigenvalue weighted by Gasteiger charge is 2.27. The van der Waals surface area contributed by atoms with Gasteiger partial charge in [-0.05, 0) is 79.0 Å². The minimum Gasteiger partial charge on any atom is -0.371 e. The van der Waals surface area contributed by atoms with Crippen molar-refractivity contribution in [2.75, 3.05) is 18.0 Å². The summed E-state index contributed by atoms with van der Waals surface area (Å²) in [7, 11) is 0. The summed E-state index contributed by atoms with van der Waals surface area (Å²) in [5.74, 6) is 1.29. The zero-order valence-corrected chi connectivity index (χ0v) is 15.3. The number of piperidine rings is 1. The van der Waals surface area contributed by atoms with E-state index in [2.05, 4.69) is 63.3 Å². The highest BCUT2D eigenvalue weighted by molar-refractivity contribution is 9.10. The molecule has 1 saturated heterocycles. The number of rotatable bonds is 3. The lowest BCUT2D eigenvalue weighted by molar-refractivity contribution is 0.505. The average Bonchev–Trinajstić information content (AvgIpc) is 3.47. The van der Waals surface area contributed by atoms with Gasteiger partial charge in [-0.25, -0.2) is 0 Å². The molecular weight excluding hydrogens is 360 g/mol. The summed E-state index contributed by atoms with van der Waals surface area (Å²) in [6.45, 7) is 2.19. The summed E-state index contributed by atoms with van der Waals surface area (Å²) in [5, 5.41) is 9.31. The molecule has 2 fully saturated rings. The predicted molar refractivity (Wildman–Crippen MR) is 101 cm³/mol. The summed E-state index contributed by atoms with van der Waals surface area (Å²) >= 11 is 3.51. The van der Waals surface area contributed by atoms with E-state index in [1.165, 1.54) is 42.5 Å². The van der Waals surface area contributed by atoms with E-state index >= 15 is 0 Å². The Labute approximate surface area is 152 Å². The number of hydrogen-bond donors (Lipinski definition) is 0. The maximum absolute atomic E-state index is 9.31. The molecule has 0 spiro atoms. The molecule has 1 heterocycles. The molecule has 2 aromatic rings.